The molecule has 2 heterocycles. The molecule has 2 aliphatic rings. The molecule has 0 N–H and O–H groups in total. The van der Waals surface area contributed by atoms with Gasteiger partial charge in [-0.15, -0.1) is 0 Å². The summed E-state index contributed by atoms with van der Waals surface area (Å²) in [5.41, 5.74) is 1.62. The molecule has 2 bridgehead atoms. The number of amides is 1. The molecule has 0 radical (unpaired) electrons. The molecule has 1 saturated carbocycles. The van der Waals surface area contributed by atoms with Crippen LogP contribution >= 0.6 is 0 Å². The normalized spacial score (nSPS) is 25.4. The standard InChI is InChI=1S/C23H29NO5/c1-22(2)9-15-10-23(3,13-22)14-24(15)19(25)12-28-21(26)20-17(11-27-4)16-7-5-6-8-18(16)29-20/h5-8,15H,9-14H2,1-4H3/t15-,23-/m0/s1. The number of carbonyl (C=O) groups is 2. The van der Waals surface area contributed by atoms with Crippen LogP contribution < -0.4 is 0 Å². The molecule has 6 heteroatoms. The maximum Gasteiger partial charge on any atom is 0.375 e. The van der Waals surface area contributed by atoms with E-state index < -0.39 is 5.97 Å². The number of methoxy groups -OCH3 is 1. The van der Waals surface area contributed by atoms with Gasteiger partial charge in [-0.2, -0.15) is 0 Å². The monoisotopic (exact) mass is 399 g/mol. The predicted octanol–water partition coefficient (Wildman–Crippen LogP) is 4.16. The van der Waals surface area contributed by atoms with E-state index in [0.29, 0.717) is 11.1 Å². The number of benzene rings is 1. The number of hydrogen-bond acceptors (Lipinski definition) is 5. The van der Waals surface area contributed by atoms with Gasteiger partial charge in [0.05, 0.1) is 6.61 Å². The summed E-state index contributed by atoms with van der Waals surface area (Å²) in [5, 5.41) is 0.816. The Morgan fingerprint density at radius 1 is 1.21 bits per heavy atom. The van der Waals surface area contributed by atoms with Crippen molar-refractivity contribution in [2.45, 2.75) is 52.7 Å². The summed E-state index contributed by atoms with van der Waals surface area (Å²) in [6.45, 7) is 7.49. The third-order valence-corrected chi connectivity index (χ3v) is 6.23. The first-order valence-corrected chi connectivity index (χ1v) is 10.2. The van der Waals surface area contributed by atoms with Gasteiger partial charge in [0.1, 0.15) is 5.58 Å². The first-order chi connectivity index (χ1) is 13.7. The van der Waals surface area contributed by atoms with Gasteiger partial charge in [-0.05, 0) is 36.2 Å². The molecular formula is C23H29NO5. The van der Waals surface area contributed by atoms with Crippen LogP contribution in [0.2, 0.25) is 0 Å². The van der Waals surface area contributed by atoms with Gasteiger partial charge < -0.3 is 18.8 Å². The van der Waals surface area contributed by atoms with Crippen LogP contribution in [0, 0.1) is 10.8 Å². The lowest BCUT2D eigenvalue weighted by molar-refractivity contribution is -0.135. The number of esters is 1. The molecule has 1 saturated heterocycles. The van der Waals surface area contributed by atoms with Crippen molar-refractivity contribution in [3.05, 3.63) is 35.6 Å². The summed E-state index contributed by atoms with van der Waals surface area (Å²) in [7, 11) is 1.56. The van der Waals surface area contributed by atoms with E-state index >= 15 is 0 Å². The van der Waals surface area contributed by atoms with Gasteiger partial charge in [0, 0.05) is 30.6 Å². The Morgan fingerprint density at radius 3 is 2.72 bits per heavy atom. The summed E-state index contributed by atoms with van der Waals surface area (Å²) in [5.74, 6) is -0.654. The zero-order chi connectivity index (χ0) is 20.8. The second kappa shape index (κ2) is 7.17. The molecule has 0 spiro atoms. The molecule has 6 nitrogen and oxygen atoms in total. The van der Waals surface area contributed by atoms with Gasteiger partial charge in [-0.3, -0.25) is 4.79 Å². The number of likely N-dealkylation sites (tertiary alicyclic amines) is 1. The largest absolute Gasteiger partial charge is 0.450 e. The summed E-state index contributed by atoms with van der Waals surface area (Å²) in [6, 6.07) is 7.62. The van der Waals surface area contributed by atoms with E-state index in [1.165, 1.54) is 0 Å². The zero-order valence-corrected chi connectivity index (χ0v) is 17.6. The zero-order valence-electron chi connectivity index (χ0n) is 17.6. The number of hydrogen-bond donors (Lipinski definition) is 0. The first-order valence-electron chi connectivity index (χ1n) is 10.2. The van der Waals surface area contributed by atoms with Crippen LogP contribution in [0.25, 0.3) is 11.0 Å². The Hall–Kier alpha value is -2.34. The lowest BCUT2D eigenvalue weighted by Crippen LogP contribution is -2.39. The highest BCUT2D eigenvalue weighted by atomic mass is 16.5. The van der Waals surface area contributed by atoms with Crippen molar-refractivity contribution in [2.24, 2.45) is 10.8 Å². The average Bonchev–Trinajstić information content (AvgIpc) is 3.13. The molecule has 2 atom stereocenters. The molecule has 156 valence electrons. The van der Waals surface area contributed by atoms with Crippen molar-refractivity contribution in [3.8, 4) is 0 Å². The Bertz CT molecular complexity index is 946. The van der Waals surface area contributed by atoms with Gasteiger partial charge in [0.15, 0.2) is 6.61 Å². The van der Waals surface area contributed by atoms with Crippen molar-refractivity contribution in [3.63, 3.8) is 0 Å². The molecule has 1 aromatic heterocycles. The minimum absolute atomic E-state index is 0.106. The predicted molar refractivity (Wildman–Crippen MR) is 108 cm³/mol. The quantitative estimate of drug-likeness (QED) is 0.706. The fourth-order valence-corrected chi connectivity index (χ4v) is 5.58. The number of furan rings is 1. The van der Waals surface area contributed by atoms with E-state index in [4.69, 9.17) is 13.9 Å². The molecular weight excluding hydrogens is 370 g/mol. The summed E-state index contributed by atoms with van der Waals surface area (Å²) in [4.78, 5) is 27.4. The van der Waals surface area contributed by atoms with E-state index in [1.807, 2.05) is 23.1 Å². The van der Waals surface area contributed by atoms with Gasteiger partial charge in [0.2, 0.25) is 5.76 Å². The number of fused-ring (bicyclic) bond motifs is 3. The highest BCUT2D eigenvalue weighted by Gasteiger charge is 2.51. The number of para-hydroxylation sites is 1. The summed E-state index contributed by atoms with van der Waals surface area (Å²) in [6.07, 6.45) is 3.13. The SMILES string of the molecule is COCc1c(C(=O)OCC(=O)N2C[C@@]3(C)C[C@@H]2CC(C)(C)C3)oc2ccccc12. The lowest BCUT2D eigenvalue weighted by Gasteiger charge is -2.39. The highest BCUT2D eigenvalue weighted by molar-refractivity contribution is 5.96. The minimum atomic E-state index is -0.629. The molecule has 0 unspecified atom stereocenters. The highest BCUT2D eigenvalue weighted by Crippen LogP contribution is 2.52. The summed E-state index contributed by atoms with van der Waals surface area (Å²) >= 11 is 0. The molecule has 29 heavy (non-hydrogen) atoms. The minimum Gasteiger partial charge on any atom is -0.450 e. The van der Waals surface area contributed by atoms with E-state index in [2.05, 4.69) is 20.8 Å². The molecule has 1 aromatic carbocycles. The Kier molecular flexibility index (Phi) is 4.93. The van der Waals surface area contributed by atoms with Crippen LogP contribution in [0.15, 0.2) is 28.7 Å². The third kappa shape index (κ3) is 3.78. The van der Waals surface area contributed by atoms with E-state index in [9.17, 15) is 9.59 Å². The smallest absolute Gasteiger partial charge is 0.375 e. The molecule has 4 rings (SSSR count). The Labute approximate surface area is 171 Å². The van der Waals surface area contributed by atoms with Crippen LogP contribution in [-0.4, -0.2) is 43.1 Å². The lowest BCUT2D eigenvalue weighted by atomic mass is 9.65. The number of carbonyl (C=O) groups excluding carboxylic acids is 2. The van der Waals surface area contributed by atoms with Crippen LogP contribution in [0.5, 0.6) is 0 Å². The van der Waals surface area contributed by atoms with Crippen LogP contribution in [0.4, 0.5) is 0 Å². The van der Waals surface area contributed by atoms with Gasteiger partial charge >= 0.3 is 5.97 Å². The van der Waals surface area contributed by atoms with Crippen molar-refractivity contribution in [1.82, 2.24) is 4.90 Å². The second-order valence-electron chi connectivity index (χ2n) is 9.65. The molecule has 1 aliphatic heterocycles. The van der Waals surface area contributed by atoms with Gasteiger partial charge in [-0.25, -0.2) is 4.79 Å². The van der Waals surface area contributed by atoms with E-state index in [-0.39, 0.29) is 41.8 Å². The van der Waals surface area contributed by atoms with Crippen molar-refractivity contribution in [1.29, 1.82) is 0 Å². The van der Waals surface area contributed by atoms with Gasteiger partial charge in [0.25, 0.3) is 5.91 Å². The van der Waals surface area contributed by atoms with Crippen molar-refractivity contribution in [2.75, 3.05) is 20.3 Å². The Balaban J connectivity index is 1.46. The third-order valence-electron chi connectivity index (χ3n) is 6.23. The van der Waals surface area contributed by atoms with Gasteiger partial charge in [-0.1, -0.05) is 39.0 Å². The number of ether oxygens (including phenoxy) is 2. The number of nitrogens with zero attached hydrogens (tertiary/aromatic N) is 1. The van der Waals surface area contributed by atoms with E-state index in [0.717, 1.165) is 31.2 Å². The van der Waals surface area contributed by atoms with Crippen molar-refractivity contribution >= 4 is 22.8 Å². The topological polar surface area (TPSA) is 69.0 Å². The summed E-state index contributed by atoms with van der Waals surface area (Å²) < 4.78 is 16.3. The maximum absolute atomic E-state index is 12.9. The fourth-order valence-electron chi connectivity index (χ4n) is 5.58. The van der Waals surface area contributed by atoms with Crippen LogP contribution in [0.3, 0.4) is 0 Å². The van der Waals surface area contributed by atoms with Crippen LogP contribution in [0.1, 0.15) is 56.2 Å². The second-order valence-corrected chi connectivity index (χ2v) is 9.65. The average molecular weight is 399 g/mol. The molecule has 2 aromatic rings. The fraction of sp³-hybridized carbons (Fsp3) is 0.565. The molecule has 1 amide bonds. The molecule has 1 aliphatic carbocycles. The Morgan fingerprint density at radius 2 is 1.97 bits per heavy atom. The van der Waals surface area contributed by atoms with E-state index in [1.54, 1.807) is 13.2 Å². The van der Waals surface area contributed by atoms with Crippen molar-refractivity contribution < 1.29 is 23.5 Å². The maximum atomic E-state index is 12.9. The van der Waals surface area contributed by atoms with Crippen LogP contribution in [-0.2, 0) is 20.9 Å². The number of rotatable bonds is 5. The first kappa shape index (κ1) is 20.0. The molecule has 2 fully saturated rings.